The lowest BCUT2D eigenvalue weighted by Gasteiger charge is -2.10. The van der Waals surface area contributed by atoms with Gasteiger partial charge in [0.2, 0.25) is 0 Å². The molecule has 0 unspecified atom stereocenters. The van der Waals surface area contributed by atoms with Crippen LogP contribution in [0, 0.1) is 4.77 Å². The van der Waals surface area contributed by atoms with Crippen molar-refractivity contribution in [1.82, 2.24) is 9.55 Å². The minimum atomic E-state index is -0.128. The number of hydrogen-bond acceptors (Lipinski definition) is 4. The van der Waals surface area contributed by atoms with Gasteiger partial charge in [-0.05, 0) is 25.2 Å². The standard InChI is InChI=1S/C12H14N2O3S/c1-4-14-11(15)7-5-9(16-2)10(17-3)6-8(7)13-12(14)18/h5-6H,4H2,1-3H3,(H,13,18). The number of nitrogens with zero attached hydrogens (tertiary/aromatic N) is 1. The number of fused-ring (bicyclic) bond motifs is 1. The molecule has 0 aliphatic heterocycles. The van der Waals surface area contributed by atoms with Gasteiger partial charge in [0.25, 0.3) is 5.56 Å². The number of H-pyrrole nitrogens is 1. The van der Waals surface area contributed by atoms with E-state index in [-0.39, 0.29) is 5.56 Å². The van der Waals surface area contributed by atoms with E-state index in [4.69, 9.17) is 21.7 Å². The number of aromatic nitrogens is 2. The number of benzene rings is 1. The maximum absolute atomic E-state index is 12.2. The molecule has 0 aliphatic carbocycles. The summed E-state index contributed by atoms with van der Waals surface area (Å²) in [4.78, 5) is 15.2. The van der Waals surface area contributed by atoms with Crippen molar-refractivity contribution in [2.45, 2.75) is 13.5 Å². The summed E-state index contributed by atoms with van der Waals surface area (Å²) in [6.07, 6.45) is 0. The molecule has 2 rings (SSSR count). The maximum atomic E-state index is 12.2. The Morgan fingerprint density at radius 2 is 1.89 bits per heavy atom. The van der Waals surface area contributed by atoms with Gasteiger partial charge in [-0.3, -0.25) is 9.36 Å². The van der Waals surface area contributed by atoms with Crippen molar-refractivity contribution < 1.29 is 9.47 Å². The van der Waals surface area contributed by atoms with Crippen LogP contribution in [0.15, 0.2) is 16.9 Å². The second-order valence-corrected chi connectivity index (χ2v) is 4.12. The van der Waals surface area contributed by atoms with Crippen molar-refractivity contribution in [2.24, 2.45) is 0 Å². The van der Waals surface area contributed by atoms with E-state index in [1.165, 1.54) is 11.7 Å². The molecule has 1 N–H and O–H groups in total. The molecule has 0 spiro atoms. The molecule has 2 aromatic rings. The van der Waals surface area contributed by atoms with Gasteiger partial charge in [-0.25, -0.2) is 0 Å². The van der Waals surface area contributed by atoms with Gasteiger partial charge in [0.1, 0.15) is 0 Å². The van der Waals surface area contributed by atoms with Crippen LogP contribution in [0.4, 0.5) is 0 Å². The van der Waals surface area contributed by atoms with Gasteiger partial charge < -0.3 is 14.5 Å². The monoisotopic (exact) mass is 266 g/mol. The van der Waals surface area contributed by atoms with Gasteiger partial charge in [-0.2, -0.15) is 0 Å². The van der Waals surface area contributed by atoms with Crippen molar-refractivity contribution in [1.29, 1.82) is 0 Å². The van der Waals surface area contributed by atoms with E-state index in [1.54, 1.807) is 19.2 Å². The summed E-state index contributed by atoms with van der Waals surface area (Å²) >= 11 is 5.14. The van der Waals surface area contributed by atoms with Crippen LogP contribution in [-0.4, -0.2) is 23.8 Å². The summed E-state index contributed by atoms with van der Waals surface area (Å²) in [7, 11) is 3.08. The molecule has 96 valence electrons. The Bertz CT molecular complexity index is 703. The molecule has 0 amide bonds. The smallest absolute Gasteiger partial charge is 0.262 e. The second kappa shape index (κ2) is 4.81. The van der Waals surface area contributed by atoms with Crippen LogP contribution in [0.2, 0.25) is 0 Å². The Labute approximate surface area is 109 Å². The summed E-state index contributed by atoms with van der Waals surface area (Å²) in [6, 6.07) is 3.37. The molecule has 0 saturated heterocycles. The van der Waals surface area contributed by atoms with Crippen LogP contribution in [0.25, 0.3) is 10.9 Å². The summed E-state index contributed by atoms with van der Waals surface area (Å²) in [6.45, 7) is 2.40. The number of aromatic amines is 1. The zero-order chi connectivity index (χ0) is 13.3. The molecule has 0 bridgehead atoms. The Balaban J connectivity index is 2.90. The van der Waals surface area contributed by atoms with Gasteiger partial charge in [0.05, 0.1) is 25.1 Å². The first-order valence-electron chi connectivity index (χ1n) is 5.51. The Hall–Kier alpha value is -1.82. The predicted molar refractivity (Wildman–Crippen MR) is 72.2 cm³/mol. The Kier molecular flexibility index (Phi) is 3.38. The largest absolute Gasteiger partial charge is 0.493 e. The molecule has 0 radical (unpaired) electrons. The highest BCUT2D eigenvalue weighted by molar-refractivity contribution is 7.71. The lowest BCUT2D eigenvalue weighted by atomic mass is 10.2. The van der Waals surface area contributed by atoms with Crippen LogP contribution < -0.4 is 15.0 Å². The third kappa shape index (κ3) is 1.88. The number of ether oxygens (including phenoxy) is 2. The van der Waals surface area contributed by atoms with E-state index in [0.29, 0.717) is 33.7 Å². The fraction of sp³-hybridized carbons (Fsp3) is 0.333. The average Bonchev–Trinajstić information content (AvgIpc) is 2.37. The lowest BCUT2D eigenvalue weighted by molar-refractivity contribution is 0.355. The van der Waals surface area contributed by atoms with Crippen LogP contribution in [0.3, 0.4) is 0 Å². The quantitative estimate of drug-likeness (QED) is 0.864. The highest BCUT2D eigenvalue weighted by Gasteiger charge is 2.10. The minimum absolute atomic E-state index is 0.128. The van der Waals surface area contributed by atoms with E-state index >= 15 is 0 Å². The predicted octanol–water partition coefficient (Wildman–Crippen LogP) is 2.10. The summed E-state index contributed by atoms with van der Waals surface area (Å²) in [5, 5.41) is 0.531. The molecule has 18 heavy (non-hydrogen) atoms. The fourth-order valence-corrected chi connectivity index (χ4v) is 2.19. The molecule has 0 saturated carbocycles. The maximum Gasteiger partial charge on any atom is 0.262 e. The third-order valence-corrected chi connectivity index (χ3v) is 3.12. The molecular formula is C12H14N2O3S. The first-order valence-corrected chi connectivity index (χ1v) is 5.92. The van der Waals surface area contributed by atoms with Gasteiger partial charge >= 0.3 is 0 Å². The lowest BCUT2D eigenvalue weighted by Crippen LogP contribution is -2.21. The van der Waals surface area contributed by atoms with Gasteiger partial charge in [-0.1, -0.05) is 0 Å². The average molecular weight is 266 g/mol. The van der Waals surface area contributed by atoms with E-state index in [0.717, 1.165) is 0 Å². The van der Waals surface area contributed by atoms with Crippen LogP contribution in [-0.2, 0) is 6.54 Å². The molecule has 1 aromatic carbocycles. The molecule has 0 aliphatic rings. The molecule has 5 nitrogen and oxygen atoms in total. The molecule has 6 heteroatoms. The number of rotatable bonds is 3. The molecule has 0 fully saturated rings. The number of hydrogen-bond donors (Lipinski definition) is 1. The SMILES string of the molecule is CCn1c(=S)[nH]c2cc(OC)c(OC)cc2c1=O. The van der Waals surface area contributed by atoms with Crippen molar-refractivity contribution in [3.05, 3.63) is 27.3 Å². The van der Waals surface area contributed by atoms with Crippen molar-refractivity contribution in [3.63, 3.8) is 0 Å². The molecule has 0 atom stereocenters. The first-order chi connectivity index (χ1) is 8.62. The van der Waals surface area contributed by atoms with Crippen molar-refractivity contribution in [3.8, 4) is 11.5 Å². The molecular weight excluding hydrogens is 252 g/mol. The number of methoxy groups -OCH3 is 2. The summed E-state index contributed by atoms with van der Waals surface area (Å²) < 4.78 is 12.3. The molecule has 1 heterocycles. The topological polar surface area (TPSA) is 56.2 Å². The first kappa shape index (κ1) is 12.6. The zero-order valence-electron chi connectivity index (χ0n) is 10.4. The van der Waals surface area contributed by atoms with E-state index in [9.17, 15) is 4.79 Å². The van der Waals surface area contributed by atoms with Crippen molar-refractivity contribution in [2.75, 3.05) is 14.2 Å². The highest BCUT2D eigenvalue weighted by atomic mass is 32.1. The highest BCUT2D eigenvalue weighted by Crippen LogP contribution is 2.29. The normalized spacial score (nSPS) is 10.6. The van der Waals surface area contributed by atoms with Crippen LogP contribution in [0.5, 0.6) is 11.5 Å². The fourth-order valence-electron chi connectivity index (χ4n) is 1.87. The summed E-state index contributed by atoms with van der Waals surface area (Å²) in [5.74, 6) is 1.08. The van der Waals surface area contributed by atoms with Gasteiger partial charge in [-0.15, -0.1) is 0 Å². The third-order valence-electron chi connectivity index (χ3n) is 2.80. The second-order valence-electron chi connectivity index (χ2n) is 3.73. The minimum Gasteiger partial charge on any atom is -0.493 e. The van der Waals surface area contributed by atoms with Gasteiger partial charge in [0.15, 0.2) is 16.3 Å². The zero-order valence-corrected chi connectivity index (χ0v) is 11.3. The number of nitrogens with one attached hydrogen (secondary N) is 1. The van der Waals surface area contributed by atoms with E-state index < -0.39 is 0 Å². The van der Waals surface area contributed by atoms with Crippen LogP contribution in [0.1, 0.15) is 6.92 Å². The summed E-state index contributed by atoms with van der Waals surface area (Å²) in [5.41, 5.74) is 0.518. The van der Waals surface area contributed by atoms with Crippen LogP contribution >= 0.6 is 12.2 Å². The Morgan fingerprint density at radius 1 is 1.28 bits per heavy atom. The van der Waals surface area contributed by atoms with E-state index in [2.05, 4.69) is 4.98 Å². The van der Waals surface area contributed by atoms with E-state index in [1.807, 2.05) is 6.92 Å². The van der Waals surface area contributed by atoms with Gasteiger partial charge in [0, 0.05) is 12.6 Å². The Morgan fingerprint density at radius 3 is 2.44 bits per heavy atom. The molecule has 1 aromatic heterocycles. The van der Waals surface area contributed by atoms with Crippen molar-refractivity contribution >= 4 is 23.1 Å².